The maximum absolute atomic E-state index is 14.0. The molecule has 0 saturated carbocycles. The van der Waals surface area contributed by atoms with E-state index in [0.717, 1.165) is 18.5 Å². The van der Waals surface area contributed by atoms with E-state index in [1.54, 1.807) is 38.7 Å². The number of para-hydroxylation sites is 1. The molecule has 0 saturated heterocycles. The molecule has 2 heterocycles. The molecule has 0 aliphatic carbocycles. The number of ether oxygens (including phenoxy) is 4. The SMILES string of the molecule is CCOC(=O)C1=C(C)N=c2s/c(=C/c3cc(I)c(OC)c(I)c3)c(=O)n2[C@@H]1c1cccc(OC)c1OCC. The van der Waals surface area contributed by atoms with Crippen LogP contribution in [0, 0.1) is 7.14 Å². The number of carbonyl (C=O) groups excluding carboxylic acids is 1. The number of allylic oxidation sites excluding steroid dienone is 1. The average Bonchev–Trinajstić information content (AvgIpc) is 3.17. The first kappa shape index (κ1) is 28.6. The van der Waals surface area contributed by atoms with Crippen molar-refractivity contribution in [3.63, 3.8) is 0 Å². The van der Waals surface area contributed by atoms with Crippen LogP contribution in [0.1, 0.15) is 37.9 Å². The Hall–Kier alpha value is -2.39. The quantitative estimate of drug-likeness (QED) is 0.250. The largest absolute Gasteiger partial charge is 0.495 e. The fourth-order valence-electron chi connectivity index (χ4n) is 4.30. The summed E-state index contributed by atoms with van der Waals surface area (Å²) in [5, 5.41) is 0. The van der Waals surface area contributed by atoms with Crippen LogP contribution in [0.5, 0.6) is 17.2 Å². The van der Waals surface area contributed by atoms with Gasteiger partial charge in [-0.3, -0.25) is 9.36 Å². The lowest BCUT2D eigenvalue weighted by Gasteiger charge is -2.26. The van der Waals surface area contributed by atoms with Gasteiger partial charge >= 0.3 is 5.97 Å². The highest BCUT2D eigenvalue weighted by atomic mass is 127. The van der Waals surface area contributed by atoms with E-state index < -0.39 is 12.0 Å². The fourth-order valence-corrected chi connectivity index (χ4v) is 7.61. The van der Waals surface area contributed by atoms with Crippen molar-refractivity contribution in [3.8, 4) is 17.2 Å². The lowest BCUT2D eigenvalue weighted by molar-refractivity contribution is -0.139. The Balaban J connectivity index is 2.01. The fraction of sp³-hybridized carbons (Fsp3) is 0.296. The third-order valence-corrected chi connectivity index (χ3v) is 8.44. The van der Waals surface area contributed by atoms with Gasteiger partial charge in [0, 0.05) is 5.56 Å². The summed E-state index contributed by atoms with van der Waals surface area (Å²) in [6.07, 6.45) is 1.84. The van der Waals surface area contributed by atoms with E-state index in [-0.39, 0.29) is 17.7 Å². The van der Waals surface area contributed by atoms with Gasteiger partial charge in [-0.05, 0) is 95.8 Å². The second-order valence-corrected chi connectivity index (χ2v) is 11.5. The van der Waals surface area contributed by atoms with Crippen LogP contribution in [0.25, 0.3) is 6.08 Å². The van der Waals surface area contributed by atoms with Gasteiger partial charge in [0.2, 0.25) is 0 Å². The molecule has 38 heavy (non-hydrogen) atoms. The van der Waals surface area contributed by atoms with Crippen LogP contribution in [0.4, 0.5) is 0 Å². The lowest BCUT2D eigenvalue weighted by Crippen LogP contribution is -2.40. The number of benzene rings is 2. The molecule has 0 radical (unpaired) electrons. The van der Waals surface area contributed by atoms with E-state index in [4.69, 9.17) is 18.9 Å². The molecule has 0 spiro atoms. The van der Waals surface area contributed by atoms with Crippen molar-refractivity contribution in [3.05, 3.63) is 79.6 Å². The molecule has 200 valence electrons. The number of aromatic nitrogens is 1. The van der Waals surface area contributed by atoms with E-state index in [1.807, 2.05) is 37.3 Å². The topological polar surface area (TPSA) is 88.4 Å². The summed E-state index contributed by atoms with van der Waals surface area (Å²) in [6, 6.07) is 8.54. The standard InChI is InChI=1S/C27H26I2N2O6S/c1-6-36-23-16(9-8-10-19(23)34-4)22-21(26(33)37-7-2)14(3)30-27-31(22)25(32)20(38-27)13-15-11-17(28)24(35-5)18(29)12-15/h8-13,22H,6-7H2,1-5H3/b20-13+/t22-/m1/s1. The molecule has 0 amide bonds. The molecule has 2 aromatic carbocycles. The number of hydrogen-bond donors (Lipinski definition) is 0. The summed E-state index contributed by atoms with van der Waals surface area (Å²) < 4.78 is 26.3. The number of carbonyl (C=O) groups is 1. The molecule has 3 aromatic rings. The zero-order valence-corrected chi connectivity index (χ0v) is 26.6. The molecule has 11 heteroatoms. The van der Waals surface area contributed by atoms with Gasteiger partial charge < -0.3 is 18.9 Å². The number of fused-ring (bicyclic) bond motifs is 1. The Morgan fingerprint density at radius 1 is 1.11 bits per heavy atom. The first-order valence-corrected chi connectivity index (χ1v) is 14.7. The molecular weight excluding hydrogens is 734 g/mol. The van der Waals surface area contributed by atoms with Crippen LogP contribution >= 0.6 is 56.5 Å². The van der Waals surface area contributed by atoms with Crippen LogP contribution in [0.3, 0.4) is 0 Å². The second kappa shape index (κ2) is 12.2. The molecule has 8 nitrogen and oxygen atoms in total. The van der Waals surface area contributed by atoms with Crippen molar-refractivity contribution >= 4 is 68.6 Å². The van der Waals surface area contributed by atoms with Crippen LogP contribution < -0.4 is 29.1 Å². The lowest BCUT2D eigenvalue weighted by atomic mass is 9.94. The molecule has 1 aliphatic heterocycles. The summed E-state index contributed by atoms with van der Waals surface area (Å²) in [4.78, 5) is 32.3. The normalized spacial score (nSPS) is 15.1. The molecule has 1 aromatic heterocycles. The van der Waals surface area contributed by atoms with Gasteiger partial charge in [0.1, 0.15) is 11.8 Å². The highest BCUT2D eigenvalue weighted by Gasteiger charge is 2.36. The van der Waals surface area contributed by atoms with E-state index in [0.29, 0.717) is 38.7 Å². The van der Waals surface area contributed by atoms with Gasteiger partial charge in [-0.2, -0.15) is 0 Å². The third kappa shape index (κ3) is 5.37. The number of hydrogen-bond acceptors (Lipinski definition) is 8. The Labute approximate surface area is 251 Å². The van der Waals surface area contributed by atoms with Crippen molar-refractivity contribution in [2.45, 2.75) is 26.8 Å². The number of methoxy groups -OCH3 is 2. The van der Waals surface area contributed by atoms with Crippen LogP contribution in [-0.4, -0.2) is 38.0 Å². The van der Waals surface area contributed by atoms with Crippen molar-refractivity contribution in [2.75, 3.05) is 27.4 Å². The van der Waals surface area contributed by atoms with Crippen LogP contribution in [0.15, 0.2) is 51.4 Å². The summed E-state index contributed by atoms with van der Waals surface area (Å²) in [5.74, 6) is 1.23. The third-order valence-electron chi connectivity index (χ3n) is 5.85. The zero-order valence-electron chi connectivity index (χ0n) is 21.5. The predicted molar refractivity (Wildman–Crippen MR) is 163 cm³/mol. The molecule has 4 rings (SSSR count). The Morgan fingerprint density at radius 2 is 1.82 bits per heavy atom. The molecule has 1 aliphatic rings. The summed E-state index contributed by atoms with van der Waals surface area (Å²) >= 11 is 5.70. The van der Waals surface area contributed by atoms with E-state index in [9.17, 15) is 9.59 Å². The van der Waals surface area contributed by atoms with Gasteiger partial charge in [-0.15, -0.1) is 0 Å². The Bertz CT molecular complexity index is 1590. The smallest absolute Gasteiger partial charge is 0.338 e. The first-order valence-electron chi connectivity index (χ1n) is 11.8. The summed E-state index contributed by atoms with van der Waals surface area (Å²) in [5.41, 5.74) is 1.98. The number of halogens is 2. The molecule has 1 atom stereocenters. The average molecular weight is 760 g/mol. The molecule has 0 N–H and O–H groups in total. The van der Waals surface area contributed by atoms with Crippen LogP contribution in [-0.2, 0) is 9.53 Å². The zero-order chi connectivity index (χ0) is 27.6. The first-order chi connectivity index (χ1) is 18.2. The molecule has 0 unspecified atom stereocenters. The van der Waals surface area contributed by atoms with Crippen molar-refractivity contribution in [1.29, 1.82) is 0 Å². The van der Waals surface area contributed by atoms with Crippen molar-refractivity contribution in [2.24, 2.45) is 4.99 Å². The number of thiazole rings is 1. The van der Waals surface area contributed by atoms with Crippen molar-refractivity contribution < 1.29 is 23.7 Å². The van der Waals surface area contributed by atoms with Gasteiger partial charge in [-0.1, -0.05) is 23.5 Å². The second-order valence-electron chi connectivity index (χ2n) is 8.13. The van der Waals surface area contributed by atoms with E-state index in [2.05, 4.69) is 50.2 Å². The Morgan fingerprint density at radius 3 is 2.42 bits per heavy atom. The number of esters is 1. The van der Waals surface area contributed by atoms with E-state index >= 15 is 0 Å². The molecule has 0 fully saturated rings. The van der Waals surface area contributed by atoms with Gasteiger partial charge in [0.05, 0.1) is 50.4 Å². The minimum atomic E-state index is -0.805. The van der Waals surface area contributed by atoms with Gasteiger partial charge in [0.25, 0.3) is 5.56 Å². The highest BCUT2D eigenvalue weighted by molar-refractivity contribution is 14.1. The summed E-state index contributed by atoms with van der Waals surface area (Å²) in [7, 11) is 3.19. The molecular formula is C27H26I2N2O6S. The summed E-state index contributed by atoms with van der Waals surface area (Å²) in [6.45, 7) is 5.93. The maximum atomic E-state index is 14.0. The highest BCUT2D eigenvalue weighted by Crippen LogP contribution is 2.40. The monoisotopic (exact) mass is 760 g/mol. The van der Waals surface area contributed by atoms with Gasteiger partial charge in [0.15, 0.2) is 16.3 Å². The van der Waals surface area contributed by atoms with Crippen molar-refractivity contribution in [1.82, 2.24) is 4.57 Å². The minimum Gasteiger partial charge on any atom is -0.495 e. The number of nitrogens with zero attached hydrogens (tertiary/aromatic N) is 2. The van der Waals surface area contributed by atoms with E-state index in [1.165, 1.54) is 11.3 Å². The predicted octanol–water partition coefficient (Wildman–Crippen LogP) is 4.42. The number of rotatable bonds is 8. The van der Waals surface area contributed by atoms with Crippen LogP contribution in [0.2, 0.25) is 0 Å². The Kier molecular flexibility index (Phi) is 9.19. The van der Waals surface area contributed by atoms with Gasteiger partial charge in [-0.25, -0.2) is 9.79 Å². The maximum Gasteiger partial charge on any atom is 0.338 e. The molecule has 0 bridgehead atoms. The minimum absolute atomic E-state index is 0.192.